The summed E-state index contributed by atoms with van der Waals surface area (Å²) in [5, 5.41) is 18.1. The predicted octanol–water partition coefficient (Wildman–Crippen LogP) is 3.64. The number of carboxylic acids is 1. The summed E-state index contributed by atoms with van der Waals surface area (Å²) in [5.74, 6) is -2.38. The molecule has 3 rings (SSSR count). The van der Waals surface area contributed by atoms with Crippen molar-refractivity contribution in [1.29, 1.82) is 5.26 Å². The van der Waals surface area contributed by atoms with Crippen LogP contribution < -0.4 is 0 Å². The highest BCUT2D eigenvalue weighted by atomic mass is 79.9. The second kappa shape index (κ2) is 6.13. The quantitative estimate of drug-likeness (QED) is 0.783. The topological polar surface area (TPSA) is 95.2 Å². The van der Waals surface area contributed by atoms with E-state index in [-0.39, 0.29) is 4.90 Å². The van der Waals surface area contributed by atoms with Crippen LogP contribution in [0.3, 0.4) is 0 Å². The van der Waals surface area contributed by atoms with Crippen molar-refractivity contribution in [3.63, 3.8) is 0 Å². The number of nitrogens with zero attached hydrogens (tertiary/aromatic N) is 1. The molecular formula is C17H11BrClNO4S. The molecule has 1 aliphatic rings. The molecule has 1 N–H and O–H groups in total. The highest BCUT2D eigenvalue weighted by Gasteiger charge is 2.77. The second-order valence-corrected chi connectivity index (χ2v) is 9.16. The summed E-state index contributed by atoms with van der Waals surface area (Å²) in [5.41, 5.74) is -1.51. The molecule has 25 heavy (non-hydrogen) atoms. The molecule has 0 spiro atoms. The Morgan fingerprint density at radius 3 is 2.20 bits per heavy atom. The van der Waals surface area contributed by atoms with Gasteiger partial charge in [-0.25, -0.2) is 8.42 Å². The van der Waals surface area contributed by atoms with Crippen molar-refractivity contribution in [2.45, 2.75) is 16.1 Å². The number of carbonyl (C=O) groups is 1. The van der Waals surface area contributed by atoms with E-state index in [4.69, 9.17) is 11.6 Å². The average Bonchev–Trinajstić information content (AvgIpc) is 3.27. The van der Waals surface area contributed by atoms with Crippen LogP contribution in [0.1, 0.15) is 11.5 Å². The first-order valence-corrected chi connectivity index (χ1v) is 9.86. The van der Waals surface area contributed by atoms with Gasteiger partial charge in [0, 0.05) is 15.4 Å². The smallest absolute Gasteiger partial charge is 0.326 e. The van der Waals surface area contributed by atoms with E-state index in [1.54, 1.807) is 30.3 Å². The van der Waals surface area contributed by atoms with Gasteiger partial charge in [0.15, 0.2) is 15.3 Å². The van der Waals surface area contributed by atoms with E-state index in [1.807, 2.05) is 0 Å². The van der Waals surface area contributed by atoms with E-state index in [9.17, 15) is 23.6 Å². The summed E-state index contributed by atoms with van der Waals surface area (Å²) in [6.07, 6.45) is 0. The van der Waals surface area contributed by atoms with Gasteiger partial charge in [-0.1, -0.05) is 39.7 Å². The van der Waals surface area contributed by atoms with Gasteiger partial charge in [0.2, 0.25) is 0 Å². The predicted molar refractivity (Wildman–Crippen MR) is 95.0 cm³/mol. The van der Waals surface area contributed by atoms with Crippen molar-refractivity contribution in [3.05, 3.63) is 63.6 Å². The number of hydrogen-bond acceptors (Lipinski definition) is 4. The molecule has 1 fully saturated rings. The van der Waals surface area contributed by atoms with Gasteiger partial charge in [0.05, 0.1) is 11.0 Å². The summed E-state index contributed by atoms with van der Waals surface area (Å²) in [7, 11) is -4.03. The van der Waals surface area contributed by atoms with Crippen LogP contribution in [-0.2, 0) is 14.6 Å². The lowest BCUT2D eigenvalue weighted by molar-refractivity contribution is -0.141. The summed E-state index contributed by atoms with van der Waals surface area (Å²) < 4.78 is 26.7. The van der Waals surface area contributed by atoms with Crippen LogP contribution in [0.4, 0.5) is 0 Å². The van der Waals surface area contributed by atoms with E-state index in [0.29, 0.717) is 10.6 Å². The number of rotatable bonds is 4. The normalized spacial score (nSPS) is 25.2. The van der Waals surface area contributed by atoms with Crippen molar-refractivity contribution in [2.75, 3.05) is 0 Å². The molecule has 0 amide bonds. The van der Waals surface area contributed by atoms with Gasteiger partial charge in [-0.2, -0.15) is 5.26 Å². The fraction of sp³-hybridized carbons (Fsp3) is 0.176. The lowest BCUT2D eigenvalue weighted by Crippen LogP contribution is -2.22. The molecule has 1 aliphatic carbocycles. The molecule has 0 radical (unpaired) electrons. The highest BCUT2D eigenvalue weighted by Crippen LogP contribution is 2.64. The van der Waals surface area contributed by atoms with Crippen molar-refractivity contribution >= 4 is 43.3 Å². The summed E-state index contributed by atoms with van der Waals surface area (Å²) in [6.45, 7) is 0. The maximum Gasteiger partial charge on any atom is 0.326 e. The average molecular weight is 441 g/mol. The SMILES string of the molecule is N#C[C@]1(C(=O)O)[C@H](c2ccc(Br)cc2)[C@@H]1S(=O)(=O)c1ccc(Cl)cc1. The number of nitriles is 1. The zero-order valence-electron chi connectivity index (χ0n) is 12.6. The number of halogens is 2. The minimum absolute atomic E-state index is 0.0533. The van der Waals surface area contributed by atoms with Gasteiger partial charge >= 0.3 is 5.97 Å². The van der Waals surface area contributed by atoms with Gasteiger partial charge in [-0.15, -0.1) is 0 Å². The number of benzene rings is 2. The summed E-state index contributed by atoms with van der Waals surface area (Å²) in [4.78, 5) is 11.7. The Bertz CT molecular complexity index is 983. The van der Waals surface area contributed by atoms with E-state index >= 15 is 0 Å². The number of carboxylic acid groups (broad SMARTS) is 1. The van der Waals surface area contributed by atoms with Crippen LogP contribution in [0.2, 0.25) is 5.02 Å². The monoisotopic (exact) mass is 439 g/mol. The third-order valence-electron chi connectivity index (χ3n) is 4.38. The standard InChI is InChI=1S/C17H11BrClNO4S/c18-11-3-1-10(2-4-11)14-15(17(14,9-20)16(21)22)25(23,24)13-7-5-12(19)6-8-13/h1-8,14-15H,(H,21,22)/t14-,15+,17+/m1/s1. The fourth-order valence-corrected chi connectivity index (χ4v) is 5.73. The summed E-state index contributed by atoms with van der Waals surface area (Å²) >= 11 is 9.06. The maximum absolute atomic E-state index is 13.0. The maximum atomic E-state index is 13.0. The number of hydrogen-bond donors (Lipinski definition) is 1. The lowest BCUT2D eigenvalue weighted by Gasteiger charge is -2.05. The first-order valence-electron chi connectivity index (χ1n) is 7.14. The molecular weight excluding hydrogens is 430 g/mol. The van der Waals surface area contributed by atoms with Crippen molar-refractivity contribution in [1.82, 2.24) is 0 Å². The molecule has 0 unspecified atom stereocenters. The largest absolute Gasteiger partial charge is 0.480 e. The number of sulfone groups is 1. The number of aliphatic carboxylic acids is 1. The van der Waals surface area contributed by atoms with E-state index < -0.39 is 32.4 Å². The van der Waals surface area contributed by atoms with Gasteiger partial charge in [-0.3, -0.25) is 4.79 Å². The van der Waals surface area contributed by atoms with Crippen LogP contribution >= 0.6 is 27.5 Å². The van der Waals surface area contributed by atoms with Crippen molar-refractivity contribution in [2.24, 2.45) is 5.41 Å². The molecule has 0 heterocycles. The van der Waals surface area contributed by atoms with E-state index in [2.05, 4.69) is 15.9 Å². The van der Waals surface area contributed by atoms with Crippen LogP contribution in [0.25, 0.3) is 0 Å². The summed E-state index contributed by atoms with van der Waals surface area (Å²) in [6, 6.07) is 13.8. The Kier molecular flexibility index (Phi) is 4.40. The van der Waals surface area contributed by atoms with Crippen LogP contribution in [-0.4, -0.2) is 24.7 Å². The fourth-order valence-electron chi connectivity index (χ4n) is 3.09. The lowest BCUT2D eigenvalue weighted by atomic mass is 10.0. The van der Waals surface area contributed by atoms with Crippen LogP contribution in [0.5, 0.6) is 0 Å². The molecule has 2 aromatic rings. The molecule has 0 aliphatic heterocycles. The first-order chi connectivity index (χ1) is 11.7. The van der Waals surface area contributed by atoms with Gasteiger partial charge in [0.25, 0.3) is 0 Å². The molecule has 5 nitrogen and oxygen atoms in total. The second-order valence-electron chi connectivity index (χ2n) is 5.73. The van der Waals surface area contributed by atoms with Crippen molar-refractivity contribution < 1.29 is 18.3 Å². The van der Waals surface area contributed by atoms with E-state index in [0.717, 1.165) is 4.47 Å². The molecule has 3 atom stereocenters. The molecule has 0 saturated heterocycles. The molecule has 128 valence electrons. The van der Waals surface area contributed by atoms with Gasteiger partial charge in [0.1, 0.15) is 5.25 Å². The minimum Gasteiger partial charge on any atom is -0.480 e. The first kappa shape index (κ1) is 17.9. The zero-order valence-corrected chi connectivity index (χ0v) is 15.7. The van der Waals surface area contributed by atoms with Gasteiger partial charge < -0.3 is 5.11 Å². The Morgan fingerprint density at radius 1 is 1.16 bits per heavy atom. The third-order valence-corrected chi connectivity index (χ3v) is 7.40. The Labute approximate surface area is 157 Å². The third kappa shape index (κ3) is 2.74. The molecule has 0 bridgehead atoms. The minimum atomic E-state index is -4.03. The van der Waals surface area contributed by atoms with Gasteiger partial charge in [-0.05, 0) is 42.0 Å². The van der Waals surface area contributed by atoms with Crippen molar-refractivity contribution in [3.8, 4) is 6.07 Å². The Hall–Kier alpha value is -1.88. The van der Waals surface area contributed by atoms with Crippen LogP contribution in [0.15, 0.2) is 57.9 Å². The highest BCUT2D eigenvalue weighted by molar-refractivity contribution is 9.10. The molecule has 0 aromatic heterocycles. The van der Waals surface area contributed by atoms with E-state index in [1.165, 1.54) is 24.3 Å². The van der Waals surface area contributed by atoms with Crippen LogP contribution in [0, 0.1) is 16.7 Å². The molecule has 2 aromatic carbocycles. The zero-order chi connectivity index (χ0) is 18.4. The Morgan fingerprint density at radius 2 is 1.72 bits per heavy atom. The molecule has 8 heteroatoms. The molecule has 1 saturated carbocycles. The Balaban J connectivity index is 2.12.